The molecule has 0 bridgehead atoms. The number of ether oxygens (including phenoxy) is 1. The zero-order chi connectivity index (χ0) is 15.5. The van der Waals surface area contributed by atoms with Crippen LogP contribution in [0.25, 0.3) is 0 Å². The first-order chi connectivity index (χ1) is 9.95. The smallest absolute Gasteiger partial charge is 0.243 e. The molecule has 118 valence electrons. The van der Waals surface area contributed by atoms with Gasteiger partial charge in [0.15, 0.2) is 0 Å². The van der Waals surface area contributed by atoms with Crippen LogP contribution in [0, 0.1) is 0 Å². The summed E-state index contributed by atoms with van der Waals surface area (Å²) in [6, 6.07) is 6.71. The van der Waals surface area contributed by atoms with E-state index in [2.05, 4.69) is 0 Å². The van der Waals surface area contributed by atoms with E-state index >= 15 is 0 Å². The molecule has 2 N–H and O–H groups in total. The molecule has 1 aromatic rings. The highest BCUT2D eigenvalue weighted by molar-refractivity contribution is 7.89. The molecule has 2 rings (SSSR count). The number of nitrogens with two attached hydrogens (primary N) is 1. The van der Waals surface area contributed by atoms with E-state index in [0.29, 0.717) is 18.0 Å². The fourth-order valence-corrected chi connectivity index (χ4v) is 3.99. The summed E-state index contributed by atoms with van der Waals surface area (Å²) in [7, 11) is -3.47. The van der Waals surface area contributed by atoms with Gasteiger partial charge < -0.3 is 10.5 Å². The fraction of sp³-hybridized carbons (Fsp3) is 0.600. The van der Waals surface area contributed by atoms with Crippen LogP contribution >= 0.6 is 0 Å². The summed E-state index contributed by atoms with van der Waals surface area (Å²) in [5.74, 6) is 0. The third-order valence-electron chi connectivity index (χ3n) is 3.83. The van der Waals surface area contributed by atoms with Crippen molar-refractivity contribution < 1.29 is 13.2 Å². The van der Waals surface area contributed by atoms with E-state index in [-0.39, 0.29) is 12.1 Å². The molecule has 0 aromatic heterocycles. The van der Waals surface area contributed by atoms with Crippen LogP contribution in [0.5, 0.6) is 0 Å². The van der Waals surface area contributed by atoms with E-state index in [1.807, 2.05) is 13.8 Å². The summed E-state index contributed by atoms with van der Waals surface area (Å²) >= 11 is 0. The van der Waals surface area contributed by atoms with Crippen molar-refractivity contribution >= 4 is 10.0 Å². The van der Waals surface area contributed by atoms with Gasteiger partial charge in [0.2, 0.25) is 10.0 Å². The predicted molar refractivity (Wildman–Crippen MR) is 82.5 cm³/mol. The highest BCUT2D eigenvalue weighted by Gasteiger charge is 2.27. The summed E-state index contributed by atoms with van der Waals surface area (Å²) in [6.45, 7) is 5.32. The lowest BCUT2D eigenvalue weighted by Crippen LogP contribution is -2.37. The van der Waals surface area contributed by atoms with Gasteiger partial charge in [-0.25, -0.2) is 8.42 Å². The molecule has 5 nitrogen and oxygen atoms in total. The monoisotopic (exact) mass is 312 g/mol. The Morgan fingerprint density at radius 3 is 2.52 bits per heavy atom. The standard InChI is InChI=1S/C15H24N2O3S/c1-3-17(11-14-5-4-10-20-14)21(18,19)15-8-6-13(7-9-15)12(2)16/h6-9,12,14H,3-5,10-11,16H2,1-2H3. The molecule has 1 saturated heterocycles. The highest BCUT2D eigenvalue weighted by Crippen LogP contribution is 2.21. The molecule has 0 amide bonds. The molecule has 0 aliphatic carbocycles. The first-order valence-electron chi connectivity index (χ1n) is 7.42. The molecule has 0 spiro atoms. The van der Waals surface area contributed by atoms with Gasteiger partial charge in [-0.1, -0.05) is 19.1 Å². The lowest BCUT2D eigenvalue weighted by atomic mass is 10.1. The average molecular weight is 312 g/mol. The number of nitrogens with zero attached hydrogens (tertiary/aromatic N) is 1. The molecule has 2 atom stereocenters. The molecule has 1 aromatic carbocycles. The Kier molecular flexibility index (Phi) is 5.37. The van der Waals surface area contributed by atoms with Crippen LogP contribution in [-0.4, -0.2) is 38.5 Å². The molecular formula is C15H24N2O3S. The Hall–Kier alpha value is -0.950. The van der Waals surface area contributed by atoms with E-state index < -0.39 is 10.0 Å². The van der Waals surface area contributed by atoms with Gasteiger partial charge in [0.1, 0.15) is 0 Å². The molecule has 6 heteroatoms. The van der Waals surface area contributed by atoms with Gasteiger partial charge in [-0.2, -0.15) is 4.31 Å². The topological polar surface area (TPSA) is 72.6 Å². The Morgan fingerprint density at radius 1 is 1.38 bits per heavy atom. The van der Waals surface area contributed by atoms with Crippen LogP contribution < -0.4 is 5.73 Å². The van der Waals surface area contributed by atoms with E-state index in [1.54, 1.807) is 24.3 Å². The normalized spacial score (nSPS) is 20.9. The molecule has 0 saturated carbocycles. The third-order valence-corrected chi connectivity index (χ3v) is 5.78. The van der Waals surface area contributed by atoms with Crippen molar-refractivity contribution in [2.45, 2.75) is 43.7 Å². The second kappa shape index (κ2) is 6.87. The Balaban J connectivity index is 2.17. The summed E-state index contributed by atoms with van der Waals surface area (Å²) in [4.78, 5) is 0.312. The average Bonchev–Trinajstić information content (AvgIpc) is 2.97. The van der Waals surface area contributed by atoms with Crippen molar-refractivity contribution in [3.05, 3.63) is 29.8 Å². The summed E-state index contributed by atoms with van der Waals surface area (Å²) in [5, 5.41) is 0. The number of sulfonamides is 1. The van der Waals surface area contributed by atoms with Gasteiger partial charge in [0.05, 0.1) is 11.0 Å². The van der Waals surface area contributed by atoms with Gasteiger partial charge in [-0.3, -0.25) is 0 Å². The Morgan fingerprint density at radius 2 is 2.05 bits per heavy atom. The minimum Gasteiger partial charge on any atom is -0.377 e. The number of likely N-dealkylation sites (N-methyl/N-ethyl adjacent to an activating group) is 1. The van der Waals surface area contributed by atoms with Crippen molar-refractivity contribution in [1.29, 1.82) is 0 Å². The molecule has 1 fully saturated rings. The molecular weight excluding hydrogens is 288 g/mol. The zero-order valence-electron chi connectivity index (χ0n) is 12.7. The number of hydrogen-bond donors (Lipinski definition) is 1. The Labute approximate surface area is 127 Å². The van der Waals surface area contributed by atoms with Gasteiger partial charge in [-0.05, 0) is 37.5 Å². The third kappa shape index (κ3) is 3.83. The van der Waals surface area contributed by atoms with Crippen molar-refractivity contribution in [3.8, 4) is 0 Å². The van der Waals surface area contributed by atoms with Crippen LogP contribution in [0.15, 0.2) is 29.2 Å². The van der Waals surface area contributed by atoms with Crippen molar-refractivity contribution in [2.24, 2.45) is 5.73 Å². The maximum Gasteiger partial charge on any atom is 0.243 e. The van der Waals surface area contributed by atoms with Crippen LogP contribution in [0.2, 0.25) is 0 Å². The molecule has 2 unspecified atom stereocenters. The van der Waals surface area contributed by atoms with Crippen LogP contribution in [0.3, 0.4) is 0 Å². The van der Waals surface area contributed by atoms with Gasteiger partial charge in [0.25, 0.3) is 0 Å². The second-order valence-corrected chi connectivity index (χ2v) is 7.39. The molecule has 0 radical (unpaired) electrons. The molecule has 21 heavy (non-hydrogen) atoms. The largest absolute Gasteiger partial charge is 0.377 e. The fourth-order valence-electron chi connectivity index (χ4n) is 2.51. The summed E-state index contributed by atoms with van der Waals surface area (Å²) in [5.41, 5.74) is 6.72. The van der Waals surface area contributed by atoms with Crippen molar-refractivity contribution in [3.63, 3.8) is 0 Å². The van der Waals surface area contributed by atoms with Crippen molar-refractivity contribution in [1.82, 2.24) is 4.31 Å². The summed E-state index contributed by atoms with van der Waals surface area (Å²) in [6.07, 6.45) is 1.95. The molecule has 1 heterocycles. The quantitative estimate of drug-likeness (QED) is 0.870. The van der Waals surface area contributed by atoms with Crippen LogP contribution in [0.4, 0.5) is 0 Å². The first-order valence-corrected chi connectivity index (χ1v) is 8.86. The predicted octanol–water partition coefficient (Wildman–Crippen LogP) is 1.90. The highest BCUT2D eigenvalue weighted by atomic mass is 32.2. The van der Waals surface area contributed by atoms with Crippen molar-refractivity contribution in [2.75, 3.05) is 19.7 Å². The lowest BCUT2D eigenvalue weighted by molar-refractivity contribution is 0.0947. The van der Waals surface area contributed by atoms with E-state index in [0.717, 1.165) is 25.0 Å². The SMILES string of the molecule is CCN(CC1CCCO1)S(=O)(=O)c1ccc(C(C)N)cc1. The maximum absolute atomic E-state index is 12.7. The number of benzene rings is 1. The van der Waals surface area contributed by atoms with Gasteiger partial charge in [0, 0.05) is 25.7 Å². The van der Waals surface area contributed by atoms with Crippen LogP contribution in [0.1, 0.15) is 38.3 Å². The van der Waals surface area contributed by atoms with E-state index in [1.165, 1.54) is 4.31 Å². The first kappa shape index (κ1) is 16.4. The molecule has 1 aliphatic rings. The minimum absolute atomic E-state index is 0.0167. The van der Waals surface area contributed by atoms with E-state index in [4.69, 9.17) is 10.5 Å². The second-order valence-electron chi connectivity index (χ2n) is 5.45. The maximum atomic E-state index is 12.7. The Bertz CT molecular complexity index is 549. The van der Waals surface area contributed by atoms with Crippen LogP contribution in [-0.2, 0) is 14.8 Å². The summed E-state index contributed by atoms with van der Waals surface area (Å²) < 4.78 is 32.4. The van der Waals surface area contributed by atoms with E-state index in [9.17, 15) is 8.42 Å². The molecule has 1 aliphatic heterocycles. The van der Waals surface area contributed by atoms with Gasteiger partial charge in [-0.15, -0.1) is 0 Å². The number of hydrogen-bond acceptors (Lipinski definition) is 4. The lowest BCUT2D eigenvalue weighted by Gasteiger charge is -2.23. The zero-order valence-corrected chi connectivity index (χ0v) is 13.5. The minimum atomic E-state index is -3.47. The number of rotatable bonds is 6. The van der Waals surface area contributed by atoms with Gasteiger partial charge >= 0.3 is 0 Å².